The topological polar surface area (TPSA) is 61.4 Å². The van der Waals surface area contributed by atoms with Gasteiger partial charge in [-0.25, -0.2) is 23.8 Å². The molecule has 0 radical (unpaired) electrons. The number of carbonyl (C=O) groups excluding carboxylic acids is 1. The Morgan fingerprint density at radius 3 is 1.89 bits per heavy atom. The molecular formula is C28H29Cl2F2N5O. The molecule has 1 N–H and O–H groups in total. The normalized spacial score (nSPS) is 18.3. The monoisotopic (exact) mass is 559 g/mol. The smallest absolute Gasteiger partial charge is 0.286 e. The molecule has 0 spiro atoms. The number of halogens is 4. The van der Waals surface area contributed by atoms with Crippen molar-refractivity contribution in [3.63, 3.8) is 0 Å². The fourth-order valence-electron chi connectivity index (χ4n) is 4.83. The molecule has 2 fully saturated rings. The highest BCUT2D eigenvalue weighted by Crippen LogP contribution is 2.33. The van der Waals surface area contributed by atoms with Crippen LogP contribution in [0.4, 0.5) is 8.78 Å². The van der Waals surface area contributed by atoms with Gasteiger partial charge in [-0.15, -0.1) is 0 Å². The lowest BCUT2D eigenvalue weighted by Gasteiger charge is -2.32. The standard InChI is InChI=1S/C28H29Cl2F2N5O/c29-21-8-4-19(5-9-21)24-25(20-6-10-22(30)11-7-20)34-26(27(38)35-37-14-2-1-3-15-37)23(33-24)18-36-16-12-28(31,32)13-17-36/h4-11H,1-3,12-18H2,(H,35,38). The number of nitrogens with zero attached hydrogens (tertiary/aromatic N) is 4. The second-order valence-electron chi connectivity index (χ2n) is 9.85. The van der Waals surface area contributed by atoms with Gasteiger partial charge in [0, 0.05) is 66.7 Å². The van der Waals surface area contributed by atoms with Crippen molar-refractivity contribution >= 4 is 29.1 Å². The molecule has 3 heterocycles. The average Bonchev–Trinajstić information content (AvgIpc) is 2.91. The number of hydrogen-bond acceptors (Lipinski definition) is 5. The van der Waals surface area contributed by atoms with Crippen molar-refractivity contribution in [1.82, 2.24) is 25.3 Å². The summed E-state index contributed by atoms with van der Waals surface area (Å²) in [6, 6.07) is 14.4. The second-order valence-corrected chi connectivity index (χ2v) is 10.7. The predicted molar refractivity (Wildman–Crippen MR) is 145 cm³/mol. The number of amides is 1. The van der Waals surface area contributed by atoms with E-state index in [4.69, 9.17) is 33.2 Å². The SMILES string of the molecule is O=C(NN1CCCCC1)c1nc(-c2ccc(Cl)cc2)c(-c2ccc(Cl)cc2)nc1CN1CCC(F)(F)CC1. The molecule has 0 atom stereocenters. The second kappa shape index (κ2) is 11.6. The number of alkyl halides is 2. The van der Waals surface area contributed by atoms with Gasteiger partial charge in [0.05, 0.1) is 17.1 Å². The first-order chi connectivity index (χ1) is 18.3. The zero-order valence-electron chi connectivity index (χ0n) is 20.9. The molecule has 200 valence electrons. The van der Waals surface area contributed by atoms with Crippen LogP contribution >= 0.6 is 23.2 Å². The van der Waals surface area contributed by atoms with Crippen LogP contribution in [0.5, 0.6) is 0 Å². The van der Waals surface area contributed by atoms with E-state index in [9.17, 15) is 13.6 Å². The van der Waals surface area contributed by atoms with Crippen LogP contribution in [0.3, 0.4) is 0 Å². The fraction of sp³-hybridized carbons (Fsp3) is 0.393. The third-order valence-electron chi connectivity index (χ3n) is 7.00. The molecule has 2 aliphatic heterocycles. The maximum atomic E-state index is 13.8. The lowest BCUT2D eigenvalue weighted by molar-refractivity contribution is -0.0569. The zero-order valence-corrected chi connectivity index (χ0v) is 22.4. The molecule has 10 heteroatoms. The maximum absolute atomic E-state index is 13.8. The molecule has 2 aliphatic rings. The maximum Gasteiger partial charge on any atom is 0.286 e. The third-order valence-corrected chi connectivity index (χ3v) is 7.50. The molecule has 38 heavy (non-hydrogen) atoms. The van der Waals surface area contributed by atoms with Crippen molar-refractivity contribution in [2.45, 2.75) is 44.6 Å². The fourth-order valence-corrected chi connectivity index (χ4v) is 5.08. The number of piperidine rings is 2. The van der Waals surface area contributed by atoms with E-state index in [1.165, 1.54) is 0 Å². The minimum atomic E-state index is -2.66. The molecule has 6 nitrogen and oxygen atoms in total. The summed E-state index contributed by atoms with van der Waals surface area (Å²) in [5, 5.41) is 3.08. The quantitative estimate of drug-likeness (QED) is 0.374. The Kier molecular flexibility index (Phi) is 8.23. The van der Waals surface area contributed by atoms with Crippen LogP contribution in [-0.2, 0) is 6.54 Å². The number of carbonyl (C=O) groups is 1. The van der Waals surface area contributed by atoms with E-state index in [0.717, 1.165) is 43.5 Å². The molecule has 3 aromatic rings. The van der Waals surface area contributed by atoms with Crippen LogP contribution in [0, 0.1) is 0 Å². The Balaban J connectivity index is 1.58. The molecule has 1 aromatic heterocycles. The summed E-state index contributed by atoms with van der Waals surface area (Å²) >= 11 is 12.3. The van der Waals surface area contributed by atoms with Crippen molar-refractivity contribution in [2.24, 2.45) is 0 Å². The van der Waals surface area contributed by atoms with Gasteiger partial charge < -0.3 is 0 Å². The summed E-state index contributed by atoms with van der Waals surface area (Å²) in [5.41, 5.74) is 6.28. The number of nitrogens with one attached hydrogen (secondary N) is 1. The van der Waals surface area contributed by atoms with Crippen molar-refractivity contribution < 1.29 is 13.6 Å². The van der Waals surface area contributed by atoms with Crippen LogP contribution < -0.4 is 5.43 Å². The molecule has 2 saturated heterocycles. The van der Waals surface area contributed by atoms with Gasteiger partial charge in [-0.2, -0.15) is 0 Å². The highest BCUT2D eigenvalue weighted by atomic mass is 35.5. The van der Waals surface area contributed by atoms with Gasteiger partial charge in [-0.1, -0.05) is 53.9 Å². The van der Waals surface area contributed by atoms with Gasteiger partial charge in [0.1, 0.15) is 0 Å². The van der Waals surface area contributed by atoms with Gasteiger partial charge in [0.15, 0.2) is 5.69 Å². The minimum absolute atomic E-state index is 0.190. The van der Waals surface area contributed by atoms with Crippen LogP contribution in [-0.4, -0.2) is 57.9 Å². The van der Waals surface area contributed by atoms with Gasteiger partial charge in [-0.05, 0) is 37.1 Å². The van der Waals surface area contributed by atoms with Crippen LogP contribution in [0.1, 0.15) is 48.3 Å². The Labute approximate surface area is 230 Å². The molecule has 0 saturated carbocycles. The van der Waals surface area contributed by atoms with Gasteiger partial charge in [0.25, 0.3) is 11.8 Å². The number of hydrazine groups is 1. The lowest BCUT2D eigenvalue weighted by Crippen LogP contribution is -2.46. The molecular weight excluding hydrogens is 531 g/mol. The number of rotatable bonds is 6. The van der Waals surface area contributed by atoms with Crippen molar-refractivity contribution in [3.05, 3.63) is 70.0 Å². The van der Waals surface area contributed by atoms with Gasteiger partial charge in [-0.3, -0.25) is 15.1 Å². The lowest BCUT2D eigenvalue weighted by atomic mass is 10.0. The molecule has 0 unspecified atom stereocenters. The molecule has 0 bridgehead atoms. The Morgan fingerprint density at radius 1 is 0.816 bits per heavy atom. The van der Waals surface area contributed by atoms with Crippen molar-refractivity contribution in [3.8, 4) is 22.5 Å². The molecule has 2 aromatic carbocycles. The van der Waals surface area contributed by atoms with E-state index in [-0.39, 0.29) is 44.1 Å². The summed E-state index contributed by atoms with van der Waals surface area (Å²) in [5.74, 6) is -3.02. The first-order valence-corrected chi connectivity index (χ1v) is 13.6. The highest BCUT2D eigenvalue weighted by Gasteiger charge is 2.35. The van der Waals surface area contributed by atoms with E-state index < -0.39 is 5.92 Å². The third kappa shape index (κ3) is 6.49. The first kappa shape index (κ1) is 26.9. The average molecular weight is 560 g/mol. The summed E-state index contributed by atoms with van der Waals surface area (Å²) < 4.78 is 27.7. The summed E-state index contributed by atoms with van der Waals surface area (Å²) in [4.78, 5) is 25.3. The predicted octanol–water partition coefficient (Wildman–Crippen LogP) is 6.48. The summed E-state index contributed by atoms with van der Waals surface area (Å²) in [7, 11) is 0. The van der Waals surface area contributed by atoms with Crippen LogP contribution in [0.25, 0.3) is 22.5 Å². The van der Waals surface area contributed by atoms with E-state index >= 15 is 0 Å². The van der Waals surface area contributed by atoms with Gasteiger partial charge in [0.2, 0.25) is 0 Å². The number of benzene rings is 2. The largest absolute Gasteiger partial charge is 0.297 e. The van der Waals surface area contributed by atoms with E-state index in [0.29, 0.717) is 27.1 Å². The first-order valence-electron chi connectivity index (χ1n) is 12.9. The highest BCUT2D eigenvalue weighted by molar-refractivity contribution is 6.31. The Morgan fingerprint density at radius 2 is 1.34 bits per heavy atom. The number of aromatic nitrogens is 2. The van der Waals surface area contributed by atoms with Crippen molar-refractivity contribution in [2.75, 3.05) is 26.2 Å². The van der Waals surface area contributed by atoms with Crippen molar-refractivity contribution in [1.29, 1.82) is 0 Å². The summed E-state index contributed by atoms with van der Waals surface area (Å²) in [6.07, 6.45) is 2.71. The molecule has 1 amide bonds. The van der Waals surface area contributed by atoms with E-state index in [1.807, 2.05) is 34.2 Å². The van der Waals surface area contributed by atoms with E-state index in [2.05, 4.69) is 5.43 Å². The summed E-state index contributed by atoms with van der Waals surface area (Å²) in [6.45, 7) is 2.21. The molecule has 0 aliphatic carbocycles. The Hall–Kier alpha value is -2.65. The minimum Gasteiger partial charge on any atom is -0.297 e. The Bertz CT molecular complexity index is 1270. The molecule has 5 rings (SSSR count). The van der Waals surface area contributed by atoms with E-state index in [1.54, 1.807) is 24.3 Å². The van der Waals surface area contributed by atoms with Crippen LogP contribution in [0.2, 0.25) is 10.0 Å². The van der Waals surface area contributed by atoms with Crippen LogP contribution in [0.15, 0.2) is 48.5 Å². The number of hydrogen-bond donors (Lipinski definition) is 1. The van der Waals surface area contributed by atoms with Gasteiger partial charge >= 0.3 is 0 Å². The number of likely N-dealkylation sites (tertiary alicyclic amines) is 1. The zero-order chi connectivity index (χ0) is 26.7.